The van der Waals surface area contributed by atoms with Crippen LogP contribution in [0.2, 0.25) is 0 Å². The lowest BCUT2D eigenvalue weighted by molar-refractivity contribution is 0.413. The number of fused-ring (bicyclic) bond motifs is 1. The van der Waals surface area contributed by atoms with Crippen LogP contribution in [0.4, 0.5) is 5.82 Å². The third-order valence-corrected chi connectivity index (χ3v) is 4.62. The molecule has 3 aromatic heterocycles. The van der Waals surface area contributed by atoms with E-state index in [2.05, 4.69) is 15.1 Å². The zero-order chi connectivity index (χ0) is 17.8. The molecule has 0 spiro atoms. The van der Waals surface area contributed by atoms with E-state index in [0.717, 1.165) is 55.1 Å². The van der Waals surface area contributed by atoms with E-state index in [4.69, 9.17) is 10.7 Å². The van der Waals surface area contributed by atoms with Gasteiger partial charge in [0.25, 0.3) is 0 Å². The van der Waals surface area contributed by atoms with Gasteiger partial charge in [-0.15, -0.1) is 0 Å². The minimum Gasteiger partial charge on any atom is -0.355 e. The van der Waals surface area contributed by atoms with Crippen LogP contribution in [0.5, 0.6) is 0 Å². The second kappa shape index (κ2) is 7.65. The highest BCUT2D eigenvalue weighted by molar-refractivity contribution is 5.72. The van der Waals surface area contributed by atoms with Crippen molar-refractivity contribution >= 4 is 11.3 Å². The highest BCUT2D eigenvalue weighted by Crippen LogP contribution is 2.28. The quantitative estimate of drug-likeness (QED) is 0.791. The van der Waals surface area contributed by atoms with E-state index < -0.39 is 0 Å². The molecule has 0 aliphatic carbocycles. The number of hydrogen-bond donors (Lipinski definition) is 1. The number of aromatic nitrogens is 5. The Morgan fingerprint density at radius 3 is 2.56 bits per heavy atom. The molecule has 1 fully saturated rings. The number of aryl methyl sites for hydroxylation is 1. The van der Waals surface area contributed by atoms with Crippen molar-refractivity contribution in [1.29, 1.82) is 0 Å². The maximum atomic E-state index is 5.81. The average Bonchev–Trinajstić information content (AvgIpc) is 3.31. The molecule has 0 amide bonds. The van der Waals surface area contributed by atoms with E-state index in [1.165, 1.54) is 0 Å². The van der Waals surface area contributed by atoms with Crippen LogP contribution in [0.3, 0.4) is 0 Å². The van der Waals surface area contributed by atoms with Gasteiger partial charge in [0, 0.05) is 31.9 Å². The lowest BCUT2D eigenvalue weighted by Gasteiger charge is -2.32. The molecular formula is C18H27N7. The first kappa shape index (κ1) is 17.4. The summed E-state index contributed by atoms with van der Waals surface area (Å²) < 4.78 is 3.69. The van der Waals surface area contributed by atoms with E-state index >= 15 is 0 Å². The smallest absolute Gasteiger partial charge is 0.155 e. The Morgan fingerprint density at radius 1 is 1.16 bits per heavy atom. The van der Waals surface area contributed by atoms with Crippen LogP contribution in [0.1, 0.15) is 26.7 Å². The van der Waals surface area contributed by atoms with Crippen molar-refractivity contribution in [2.24, 2.45) is 18.7 Å². The fourth-order valence-corrected chi connectivity index (χ4v) is 3.22. The Kier molecular flexibility index (Phi) is 5.33. The van der Waals surface area contributed by atoms with Crippen molar-refractivity contribution in [3.05, 3.63) is 30.9 Å². The molecule has 1 aliphatic heterocycles. The summed E-state index contributed by atoms with van der Waals surface area (Å²) in [4.78, 5) is 7.26. The number of nitrogens with two attached hydrogens (primary N) is 1. The Labute approximate surface area is 148 Å². The molecule has 0 saturated carbocycles. The second-order valence-electron chi connectivity index (χ2n) is 6.18. The van der Waals surface area contributed by atoms with Gasteiger partial charge in [-0.05, 0) is 31.4 Å². The Balaban J connectivity index is 0.000000880. The zero-order valence-corrected chi connectivity index (χ0v) is 15.3. The molecular weight excluding hydrogens is 314 g/mol. The Hall–Kier alpha value is -2.41. The van der Waals surface area contributed by atoms with Gasteiger partial charge in [0.1, 0.15) is 5.52 Å². The van der Waals surface area contributed by atoms with Crippen molar-refractivity contribution in [2.45, 2.75) is 26.7 Å². The SMILES string of the molecule is CC.Cn1cc(-c2cn3nccc3c(N3CCC(CN)CC3)n2)cn1. The predicted octanol–water partition coefficient (Wildman–Crippen LogP) is 2.33. The molecule has 3 aromatic rings. The van der Waals surface area contributed by atoms with Crippen molar-refractivity contribution in [2.75, 3.05) is 24.5 Å². The van der Waals surface area contributed by atoms with Crippen LogP contribution in [-0.2, 0) is 7.05 Å². The maximum absolute atomic E-state index is 5.81. The lowest BCUT2D eigenvalue weighted by atomic mass is 9.97. The van der Waals surface area contributed by atoms with Crippen molar-refractivity contribution in [3.63, 3.8) is 0 Å². The number of rotatable bonds is 3. The lowest BCUT2D eigenvalue weighted by Crippen LogP contribution is -2.36. The van der Waals surface area contributed by atoms with Crippen molar-refractivity contribution in [3.8, 4) is 11.3 Å². The van der Waals surface area contributed by atoms with Gasteiger partial charge in [0.15, 0.2) is 5.82 Å². The summed E-state index contributed by atoms with van der Waals surface area (Å²) in [5.74, 6) is 1.63. The van der Waals surface area contributed by atoms with Gasteiger partial charge in [0.2, 0.25) is 0 Å². The molecule has 4 rings (SSSR count). The summed E-state index contributed by atoms with van der Waals surface area (Å²) in [5, 5.41) is 8.64. The van der Waals surface area contributed by atoms with Crippen LogP contribution < -0.4 is 10.6 Å². The minimum atomic E-state index is 0.633. The molecule has 0 bridgehead atoms. The summed E-state index contributed by atoms with van der Waals surface area (Å²) in [7, 11) is 1.91. The first-order valence-corrected chi connectivity index (χ1v) is 9.03. The Morgan fingerprint density at radius 2 is 1.92 bits per heavy atom. The predicted molar refractivity (Wildman–Crippen MR) is 101 cm³/mol. The number of nitrogens with zero attached hydrogens (tertiary/aromatic N) is 6. The number of piperidine rings is 1. The molecule has 0 unspecified atom stereocenters. The van der Waals surface area contributed by atoms with Crippen LogP contribution in [0.15, 0.2) is 30.9 Å². The van der Waals surface area contributed by atoms with E-state index in [1.54, 1.807) is 4.68 Å². The zero-order valence-electron chi connectivity index (χ0n) is 15.3. The molecule has 25 heavy (non-hydrogen) atoms. The van der Waals surface area contributed by atoms with E-state index in [9.17, 15) is 0 Å². The maximum Gasteiger partial charge on any atom is 0.155 e. The van der Waals surface area contributed by atoms with Gasteiger partial charge in [0.05, 0.1) is 24.3 Å². The van der Waals surface area contributed by atoms with Gasteiger partial charge in [-0.3, -0.25) is 4.68 Å². The van der Waals surface area contributed by atoms with Gasteiger partial charge in [-0.25, -0.2) is 9.50 Å². The van der Waals surface area contributed by atoms with Crippen LogP contribution in [0, 0.1) is 5.92 Å². The van der Waals surface area contributed by atoms with Gasteiger partial charge < -0.3 is 10.6 Å². The fraction of sp³-hybridized carbons (Fsp3) is 0.500. The van der Waals surface area contributed by atoms with Crippen LogP contribution in [-0.4, -0.2) is 44.0 Å². The summed E-state index contributed by atoms with van der Waals surface area (Å²) in [6, 6.07) is 2.02. The third kappa shape index (κ3) is 3.51. The largest absolute Gasteiger partial charge is 0.355 e. The highest BCUT2D eigenvalue weighted by atomic mass is 15.3. The van der Waals surface area contributed by atoms with Gasteiger partial charge >= 0.3 is 0 Å². The fourth-order valence-electron chi connectivity index (χ4n) is 3.22. The molecule has 134 valence electrons. The van der Waals surface area contributed by atoms with Gasteiger partial charge in [-0.1, -0.05) is 13.8 Å². The molecule has 4 heterocycles. The summed E-state index contributed by atoms with van der Waals surface area (Å²) in [6.45, 7) is 6.76. The van der Waals surface area contributed by atoms with Crippen molar-refractivity contribution < 1.29 is 0 Å². The molecule has 0 radical (unpaired) electrons. The van der Waals surface area contributed by atoms with Crippen LogP contribution >= 0.6 is 0 Å². The van der Waals surface area contributed by atoms with E-state index in [1.807, 2.05) is 56.3 Å². The number of hydrogen-bond acceptors (Lipinski definition) is 5. The summed E-state index contributed by atoms with van der Waals surface area (Å²) in [5.41, 5.74) is 8.75. The van der Waals surface area contributed by atoms with Crippen molar-refractivity contribution in [1.82, 2.24) is 24.4 Å². The topological polar surface area (TPSA) is 77.3 Å². The standard InChI is InChI=1S/C16H21N7.C2H6/c1-21-10-13(9-19-21)14-11-23-15(2-5-18-23)16(20-14)22-6-3-12(8-17)4-7-22;1-2/h2,5,9-12H,3-4,6-8,17H2,1H3;1-2H3. The Bertz CT molecular complexity index is 812. The monoisotopic (exact) mass is 341 g/mol. The molecule has 2 N–H and O–H groups in total. The average molecular weight is 341 g/mol. The van der Waals surface area contributed by atoms with E-state index in [0.29, 0.717) is 5.92 Å². The second-order valence-corrected chi connectivity index (χ2v) is 6.18. The highest BCUT2D eigenvalue weighted by Gasteiger charge is 2.22. The molecule has 0 atom stereocenters. The first-order valence-electron chi connectivity index (χ1n) is 9.03. The van der Waals surface area contributed by atoms with Crippen LogP contribution in [0.25, 0.3) is 16.8 Å². The minimum absolute atomic E-state index is 0.633. The molecule has 1 saturated heterocycles. The number of anilines is 1. The van der Waals surface area contributed by atoms with E-state index in [-0.39, 0.29) is 0 Å². The first-order chi connectivity index (χ1) is 12.2. The van der Waals surface area contributed by atoms with Gasteiger partial charge in [-0.2, -0.15) is 10.2 Å². The summed E-state index contributed by atoms with van der Waals surface area (Å²) in [6.07, 6.45) is 9.83. The molecule has 1 aliphatic rings. The molecule has 0 aromatic carbocycles. The molecule has 7 nitrogen and oxygen atoms in total. The molecule has 7 heteroatoms. The third-order valence-electron chi connectivity index (χ3n) is 4.62. The summed E-state index contributed by atoms with van der Waals surface area (Å²) >= 11 is 0. The normalized spacial score (nSPS) is 15.3.